The van der Waals surface area contributed by atoms with E-state index in [9.17, 15) is 0 Å². The molecule has 4 aromatic carbocycles. The van der Waals surface area contributed by atoms with Crippen LogP contribution in [0.3, 0.4) is 0 Å². The Morgan fingerprint density at radius 3 is 1.19 bits per heavy atom. The molecule has 0 aromatic heterocycles. The maximum atomic E-state index is 2.71. The van der Waals surface area contributed by atoms with Crippen molar-refractivity contribution in [1.29, 1.82) is 0 Å². The summed E-state index contributed by atoms with van der Waals surface area (Å²) in [7, 11) is 0. The van der Waals surface area contributed by atoms with Crippen molar-refractivity contribution < 1.29 is 20.9 Å². The summed E-state index contributed by atoms with van der Waals surface area (Å²) in [5.41, 5.74) is 18.5. The van der Waals surface area contributed by atoms with Crippen LogP contribution in [0.4, 0.5) is 0 Å². The normalized spacial score (nSPS) is 17.6. The number of rotatable bonds is 7. The van der Waals surface area contributed by atoms with E-state index in [-0.39, 0.29) is 10.8 Å². The predicted octanol–water partition coefficient (Wildman–Crippen LogP) is 13.5. The van der Waals surface area contributed by atoms with Gasteiger partial charge in [0.25, 0.3) is 0 Å². The first-order valence-electron chi connectivity index (χ1n) is 18.4. The van der Waals surface area contributed by atoms with E-state index in [0.717, 1.165) is 0 Å². The first-order valence-corrected chi connectivity index (χ1v) is 28.3. The fourth-order valence-electron chi connectivity index (χ4n) is 8.62. The monoisotopic (exact) mass is 727 g/mol. The standard InChI is InChI=1S/2C22H25.C2H7Si.Zr/c2*1-15(2)18-10-6-7-11-19(18)20-12-8-9-16-13-17(14-21(16)20)22(3,4)5;1-3-2;/h2*6-15H,1-5H3;3H,1-2H3;. The molecule has 0 spiro atoms. The summed E-state index contributed by atoms with van der Waals surface area (Å²) < 4.78 is 1.18. The molecular formula is C46H57SiZr. The Morgan fingerprint density at radius 2 is 0.854 bits per heavy atom. The van der Waals surface area contributed by atoms with Crippen molar-refractivity contribution in [2.45, 2.75) is 101 Å². The van der Waals surface area contributed by atoms with E-state index in [1.165, 1.54) is 44.5 Å². The van der Waals surface area contributed by atoms with Gasteiger partial charge >= 0.3 is 303 Å². The van der Waals surface area contributed by atoms with Crippen molar-refractivity contribution in [3.05, 3.63) is 129 Å². The van der Waals surface area contributed by atoms with Crippen LogP contribution in [0.15, 0.2) is 96.1 Å². The summed E-state index contributed by atoms with van der Waals surface area (Å²) in [6, 6.07) is 32.9. The van der Waals surface area contributed by atoms with Gasteiger partial charge in [0.2, 0.25) is 0 Å². The molecule has 2 aliphatic carbocycles. The van der Waals surface area contributed by atoms with E-state index >= 15 is 0 Å². The molecule has 0 saturated heterocycles. The molecule has 0 heterocycles. The molecule has 2 unspecified atom stereocenters. The third-order valence-electron chi connectivity index (χ3n) is 10.9. The van der Waals surface area contributed by atoms with Gasteiger partial charge in [-0.25, -0.2) is 0 Å². The number of fused-ring (bicyclic) bond motifs is 2. The minimum absolute atomic E-state index is 0.110. The molecule has 2 aliphatic rings. The summed E-state index contributed by atoms with van der Waals surface area (Å²) in [6.07, 6.45) is 5.35. The van der Waals surface area contributed by atoms with Crippen LogP contribution in [0.5, 0.6) is 0 Å². The average molecular weight is 729 g/mol. The Bertz CT molecular complexity index is 1750. The van der Waals surface area contributed by atoms with Gasteiger partial charge in [-0.05, 0) is 0 Å². The summed E-state index contributed by atoms with van der Waals surface area (Å²) in [5.74, 6) is -0.0760. The van der Waals surface area contributed by atoms with Crippen molar-refractivity contribution in [3.8, 4) is 22.3 Å². The molecule has 249 valence electrons. The molecule has 0 N–H and O–H groups in total. The quantitative estimate of drug-likeness (QED) is 0.166. The van der Waals surface area contributed by atoms with Crippen LogP contribution in [-0.2, 0) is 20.9 Å². The number of allylic oxidation sites excluding steroid dienone is 2. The van der Waals surface area contributed by atoms with Crippen LogP contribution in [0.2, 0.25) is 13.1 Å². The molecule has 48 heavy (non-hydrogen) atoms. The molecule has 4 aromatic rings. The van der Waals surface area contributed by atoms with E-state index in [0.29, 0.717) is 19.1 Å². The third-order valence-corrected chi connectivity index (χ3v) is 32.4. The topological polar surface area (TPSA) is 0 Å². The van der Waals surface area contributed by atoms with Gasteiger partial charge in [0.15, 0.2) is 0 Å². The molecule has 0 fully saturated rings. The van der Waals surface area contributed by atoms with Gasteiger partial charge in [0, 0.05) is 0 Å². The second-order valence-electron chi connectivity index (χ2n) is 17.3. The summed E-state index contributed by atoms with van der Waals surface area (Å²) in [5, 5.41) is 0. The molecule has 2 heteroatoms. The van der Waals surface area contributed by atoms with Crippen LogP contribution < -0.4 is 0 Å². The first-order chi connectivity index (χ1) is 22.6. The van der Waals surface area contributed by atoms with Crippen molar-refractivity contribution in [2.75, 3.05) is 0 Å². The molecule has 0 bridgehead atoms. The van der Waals surface area contributed by atoms with Crippen LogP contribution in [0.25, 0.3) is 34.4 Å². The summed E-state index contributed by atoms with van der Waals surface area (Å²) >= 11 is -2.34. The number of hydrogen-bond acceptors (Lipinski definition) is 0. The van der Waals surface area contributed by atoms with Gasteiger partial charge in [-0.1, -0.05) is 0 Å². The van der Waals surface area contributed by atoms with Gasteiger partial charge in [0.1, 0.15) is 0 Å². The zero-order valence-corrected chi connectivity index (χ0v) is 35.2. The Hall–Kier alpha value is -2.54. The van der Waals surface area contributed by atoms with E-state index in [2.05, 4.69) is 179 Å². The van der Waals surface area contributed by atoms with Gasteiger partial charge < -0.3 is 0 Å². The van der Waals surface area contributed by atoms with E-state index in [1.807, 2.05) is 0 Å². The Morgan fingerprint density at radius 1 is 0.500 bits per heavy atom. The average Bonchev–Trinajstić information content (AvgIpc) is 3.61. The second kappa shape index (κ2) is 13.3. The van der Waals surface area contributed by atoms with E-state index in [1.54, 1.807) is 22.3 Å². The fraction of sp³-hybridized carbons (Fsp3) is 0.391. The summed E-state index contributed by atoms with van der Waals surface area (Å²) in [6.45, 7) is 29.6. The number of hydrogen-bond donors (Lipinski definition) is 0. The molecular weight excluding hydrogens is 672 g/mol. The van der Waals surface area contributed by atoms with Crippen LogP contribution >= 0.6 is 0 Å². The SMILES string of the molecule is CC(C)c1ccccc1-c1cccc2c1C=C(C(C)(C)C)[CH]2[Zr]([CH]1C(C(C)(C)C)=Cc2c(-c3ccccc3C(C)C)cccc21)[SiH](C)C. The zero-order chi connectivity index (χ0) is 34.7. The van der Waals surface area contributed by atoms with Crippen LogP contribution in [0, 0.1) is 10.8 Å². The first kappa shape index (κ1) is 35.3. The molecule has 2 atom stereocenters. The summed E-state index contributed by atoms with van der Waals surface area (Å²) in [4.78, 5) is 0. The molecule has 0 aliphatic heterocycles. The van der Waals surface area contributed by atoms with E-state index < -0.39 is 26.8 Å². The van der Waals surface area contributed by atoms with Crippen molar-refractivity contribution in [2.24, 2.45) is 10.8 Å². The maximum absolute atomic E-state index is 2.71. The third kappa shape index (κ3) is 6.31. The van der Waals surface area contributed by atoms with E-state index in [4.69, 9.17) is 0 Å². The van der Waals surface area contributed by atoms with Gasteiger partial charge in [0.05, 0.1) is 0 Å². The molecule has 6 rings (SSSR count). The molecule has 0 nitrogen and oxygen atoms in total. The molecule has 0 saturated carbocycles. The predicted molar refractivity (Wildman–Crippen MR) is 211 cm³/mol. The zero-order valence-electron chi connectivity index (χ0n) is 31.6. The molecule has 0 amide bonds. The Balaban J connectivity index is 1.59. The van der Waals surface area contributed by atoms with Crippen molar-refractivity contribution in [1.82, 2.24) is 0 Å². The van der Waals surface area contributed by atoms with Gasteiger partial charge in [-0.3, -0.25) is 0 Å². The Labute approximate surface area is 301 Å². The van der Waals surface area contributed by atoms with Crippen LogP contribution in [0.1, 0.15) is 122 Å². The van der Waals surface area contributed by atoms with Gasteiger partial charge in [-0.15, -0.1) is 0 Å². The van der Waals surface area contributed by atoms with Crippen molar-refractivity contribution in [3.63, 3.8) is 0 Å². The Kier molecular flexibility index (Phi) is 9.78. The van der Waals surface area contributed by atoms with Crippen molar-refractivity contribution >= 4 is 18.1 Å². The molecule has 0 radical (unpaired) electrons. The van der Waals surface area contributed by atoms with Gasteiger partial charge in [-0.2, -0.15) is 0 Å². The number of benzene rings is 4. The fourth-order valence-corrected chi connectivity index (χ4v) is 32.2. The minimum atomic E-state index is -2.34. The second-order valence-corrected chi connectivity index (χ2v) is 37.4. The van der Waals surface area contributed by atoms with Crippen LogP contribution in [-0.4, -0.2) is 5.92 Å².